The van der Waals surface area contributed by atoms with Crippen LogP contribution in [0.1, 0.15) is 27.2 Å². The van der Waals surface area contributed by atoms with Crippen LogP contribution in [-0.2, 0) is 0 Å². The summed E-state index contributed by atoms with van der Waals surface area (Å²) in [5.41, 5.74) is 2.03. The van der Waals surface area contributed by atoms with Crippen molar-refractivity contribution in [1.82, 2.24) is 0 Å². The molecule has 0 spiro atoms. The monoisotopic (exact) mass is 161 g/mol. The zero-order valence-corrected chi connectivity index (χ0v) is 7.96. The third-order valence-corrected chi connectivity index (χ3v) is 1.41. The summed E-state index contributed by atoms with van der Waals surface area (Å²) < 4.78 is 0. The molecule has 0 radical (unpaired) electrons. The van der Waals surface area contributed by atoms with Gasteiger partial charge in [-0.1, -0.05) is 37.6 Å². The van der Waals surface area contributed by atoms with E-state index < -0.39 is 0 Å². The Kier molecular flexibility index (Phi) is 5.73. The summed E-state index contributed by atoms with van der Waals surface area (Å²) in [6, 6.07) is 2.13. The van der Waals surface area contributed by atoms with E-state index in [9.17, 15) is 0 Å². The maximum atomic E-state index is 8.52. The first-order chi connectivity index (χ1) is 5.83. The van der Waals surface area contributed by atoms with E-state index in [-0.39, 0.29) is 0 Å². The van der Waals surface area contributed by atoms with Crippen LogP contribution in [0.15, 0.2) is 35.5 Å². The molecule has 1 heteroatoms. The third kappa shape index (κ3) is 3.78. The van der Waals surface area contributed by atoms with E-state index in [4.69, 9.17) is 5.26 Å². The van der Waals surface area contributed by atoms with Crippen molar-refractivity contribution in [2.24, 2.45) is 0 Å². The van der Waals surface area contributed by atoms with Crippen molar-refractivity contribution in [3.05, 3.63) is 35.5 Å². The SMILES string of the molecule is CC.CC1=CC=C(C#N)CC=C1. The van der Waals surface area contributed by atoms with Crippen LogP contribution in [0, 0.1) is 11.3 Å². The summed E-state index contributed by atoms with van der Waals surface area (Å²) in [4.78, 5) is 0. The van der Waals surface area contributed by atoms with Crippen LogP contribution < -0.4 is 0 Å². The molecule has 0 saturated heterocycles. The van der Waals surface area contributed by atoms with Gasteiger partial charge in [-0.3, -0.25) is 0 Å². The molecule has 0 amide bonds. The van der Waals surface area contributed by atoms with E-state index in [0.29, 0.717) is 0 Å². The molecule has 0 aliphatic heterocycles. The first-order valence-corrected chi connectivity index (χ1v) is 4.27. The van der Waals surface area contributed by atoms with Crippen molar-refractivity contribution < 1.29 is 0 Å². The van der Waals surface area contributed by atoms with Crippen LogP contribution in [0.3, 0.4) is 0 Å². The smallest absolute Gasteiger partial charge is 0.0950 e. The highest BCUT2D eigenvalue weighted by Gasteiger charge is 1.93. The van der Waals surface area contributed by atoms with Gasteiger partial charge in [-0.2, -0.15) is 5.26 Å². The number of hydrogen-bond donors (Lipinski definition) is 0. The van der Waals surface area contributed by atoms with Crippen LogP contribution in [0.4, 0.5) is 0 Å². The Morgan fingerprint density at radius 1 is 1.33 bits per heavy atom. The molecule has 0 aromatic rings. The Morgan fingerprint density at radius 3 is 2.58 bits per heavy atom. The molecule has 64 valence electrons. The normalized spacial score (nSPS) is 14.5. The van der Waals surface area contributed by atoms with E-state index in [1.807, 2.05) is 45.1 Å². The van der Waals surface area contributed by atoms with Gasteiger partial charge in [0.1, 0.15) is 0 Å². The largest absolute Gasteiger partial charge is 0.193 e. The number of hydrogen-bond acceptors (Lipinski definition) is 1. The fraction of sp³-hybridized carbons (Fsp3) is 0.364. The van der Waals surface area contributed by atoms with Crippen LogP contribution in [0.5, 0.6) is 0 Å². The second kappa shape index (κ2) is 6.42. The molecular weight excluding hydrogens is 146 g/mol. The summed E-state index contributed by atoms with van der Waals surface area (Å²) in [5.74, 6) is 0. The van der Waals surface area contributed by atoms with E-state index in [0.717, 1.165) is 12.0 Å². The molecular formula is C11H15N. The molecule has 0 bridgehead atoms. The summed E-state index contributed by atoms with van der Waals surface area (Å²) in [6.45, 7) is 6.02. The topological polar surface area (TPSA) is 23.8 Å². The molecule has 0 saturated carbocycles. The number of nitrogens with zero attached hydrogens (tertiary/aromatic N) is 1. The fourth-order valence-electron chi connectivity index (χ4n) is 0.810. The number of nitriles is 1. The van der Waals surface area contributed by atoms with Gasteiger partial charge in [0.2, 0.25) is 0 Å². The zero-order chi connectivity index (χ0) is 9.40. The second-order valence-corrected chi connectivity index (χ2v) is 2.32. The average molecular weight is 161 g/mol. The molecule has 0 N–H and O–H groups in total. The van der Waals surface area contributed by atoms with Crippen molar-refractivity contribution in [2.45, 2.75) is 27.2 Å². The quantitative estimate of drug-likeness (QED) is 0.534. The summed E-state index contributed by atoms with van der Waals surface area (Å²) in [5, 5.41) is 8.52. The molecule has 0 aromatic heterocycles. The number of rotatable bonds is 0. The van der Waals surface area contributed by atoms with Gasteiger partial charge in [-0.15, -0.1) is 0 Å². The third-order valence-electron chi connectivity index (χ3n) is 1.41. The minimum absolute atomic E-state index is 0.768. The molecule has 0 unspecified atom stereocenters. The van der Waals surface area contributed by atoms with Crippen molar-refractivity contribution in [1.29, 1.82) is 5.26 Å². The summed E-state index contributed by atoms with van der Waals surface area (Å²) in [7, 11) is 0. The van der Waals surface area contributed by atoms with Crippen LogP contribution in [0.25, 0.3) is 0 Å². The highest BCUT2D eigenvalue weighted by Crippen LogP contribution is 2.09. The van der Waals surface area contributed by atoms with Crippen LogP contribution in [-0.4, -0.2) is 0 Å². The van der Waals surface area contributed by atoms with E-state index in [2.05, 4.69) is 6.07 Å². The summed E-state index contributed by atoms with van der Waals surface area (Å²) in [6.07, 6.45) is 8.64. The highest BCUT2D eigenvalue weighted by molar-refractivity contribution is 5.35. The lowest BCUT2D eigenvalue weighted by atomic mass is 10.2. The molecule has 1 aliphatic rings. The predicted octanol–water partition coefficient (Wildman–Crippen LogP) is 3.37. The molecule has 0 heterocycles. The van der Waals surface area contributed by atoms with Gasteiger partial charge in [0.25, 0.3) is 0 Å². The Bertz CT molecular complexity index is 249. The van der Waals surface area contributed by atoms with E-state index in [1.165, 1.54) is 5.57 Å². The van der Waals surface area contributed by atoms with Gasteiger partial charge in [-0.25, -0.2) is 0 Å². The van der Waals surface area contributed by atoms with Gasteiger partial charge >= 0.3 is 0 Å². The average Bonchev–Trinajstić information content (AvgIpc) is 2.33. The lowest BCUT2D eigenvalue weighted by molar-refractivity contribution is 1.29. The van der Waals surface area contributed by atoms with Gasteiger partial charge < -0.3 is 0 Å². The molecule has 0 fully saturated rings. The standard InChI is InChI=1S/C9H9N.C2H6/c1-8-3-2-4-9(7-10)6-5-8;1-2/h2-3,5-6H,4H2,1H3;1-2H3. The Morgan fingerprint density at radius 2 is 2.00 bits per heavy atom. The molecule has 1 rings (SSSR count). The first-order valence-electron chi connectivity index (χ1n) is 4.27. The van der Waals surface area contributed by atoms with Gasteiger partial charge in [0.15, 0.2) is 0 Å². The maximum Gasteiger partial charge on any atom is 0.0950 e. The maximum absolute atomic E-state index is 8.52. The minimum Gasteiger partial charge on any atom is -0.193 e. The Hall–Kier alpha value is -1.29. The zero-order valence-electron chi connectivity index (χ0n) is 7.96. The first kappa shape index (κ1) is 10.7. The molecule has 1 aliphatic carbocycles. The van der Waals surface area contributed by atoms with E-state index >= 15 is 0 Å². The second-order valence-electron chi connectivity index (χ2n) is 2.32. The summed E-state index contributed by atoms with van der Waals surface area (Å²) >= 11 is 0. The number of allylic oxidation sites excluding steroid dienone is 6. The Labute approximate surface area is 74.7 Å². The molecule has 12 heavy (non-hydrogen) atoms. The Balaban J connectivity index is 0.000000561. The fourth-order valence-corrected chi connectivity index (χ4v) is 0.810. The van der Waals surface area contributed by atoms with Gasteiger partial charge in [0.05, 0.1) is 6.07 Å². The van der Waals surface area contributed by atoms with Crippen LogP contribution >= 0.6 is 0 Å². The van der Waals surface area contributed by atoms with Gasteiger partial charge in [-0.05, 0) is 13.0 Å². The van der Waals surface area contributed by atoms with Crippen molar-refractivity contribution in [3.63, 3.8) is 0 Å². The van der Waals surface area contributed by atoms with E-state index in [1.54, 1.807) is 0 Å². The molecule has 0 aromatic carbocycles. The van der Waals surface area contributed by atoms with Crippen molar-refractivity contribution in [2.75, 3.05) is 0 Å². The minimum atomic E-state index is 0.768. The predicted molar refractivity (Wildman–Crippen MR) is 52.6 cm³/mol. The van der Waals surface area contributed by atoms with Crippen molar-refractivity contribution >= 4 is 0 Å². The van der Waals surface area contributed by atoms with Gasteiger partial charge in [0, 0.05) is 12.0 Å². The molecule has 0 atom stereocenters. The lowest BCUT2D eigenvalue weighted by Crippen LogP contribution is -1.70. The highest BCUT2D eigenvalue weighted by atomic mass is 14.2. The lowest BCUT2D eigenvalue weighted by Gasteiger charge is -1.83. The van der Waals surface area contributed by atoms with Crippen LogP contribution in [0.2, 0.25) is 0 Å². The van der Waals surface area contributed by atoms with Crippen molar-refractivity contribution in [3.8, 4) is 6.07 Å². The molecule has 1 nitrogen and oxygen atoms in total.